The van der Waals surface area contributed by atoms with Gasteiger partial charge in [-0.05, 0) is 36.4 Å². The molecule has 0 amide bonds. The lowest BCUT2D eigenvalue weighted by atomic mass is 10.0. The van der Waals surface area contributed by atoms with E-state index in [4.69, 9.17) is 0 Å². The van der Waals surface area contributed by atoms with Crippen molar-refractivity contribution in [2.75, 3.05) is 5.75 Å². The minimum absolute atomic E-state index is 0.0646. The summed E-state index contributed by atoms with van der Waals surface area (Å²) in [5.41, 5.74) is 1.12. The molecule has 29 heavy (non-hydrogen) atoms. The number of allylic oxidation sites excluding steroid dienone is 3. The van der Waals surface area contributed by atoms with Gasteiger partial charge in [0.2, 0.25) is 0 Å². The molecule has 1 saturated heterocycles. The van der Waals surface area contributed by atoms with Crippen LogP contribution in [0.4, 0.5) is 0 Å². The molecule has 2 N–H and O–H groups in total. The van der Waals surface area contributed by atoms with Gasteiger partial charge in [0, 0.05) is 22.1 Å². The Balaban J connectivity index is 1.89. The summed E-state index contributed by atoms with van der Waals surface area (Å²) in [6, 6.07) is 13.4. The van der Waals surface area contributed by atoms with Crippen LogP contribution in [0.15, 0.2) is 70.5 Å². The Labute approximate surface area is 178 Å². The van der Waals surface area contributed by atoms with E-state index >= 15 is 0 Å². The number of phenols is 2. The second-order valence-electron chi connectivity index (χ2n) is 6.41. The molecule has 0 saturated carbocycles. The van der Waals surface area contributed by atoms with Crippen molar-refractivity contribution in [2.24, 2.45) is 0 Å². The molecule has 1 aliphatic heterocycles. The Morgan fingerprint density at radius 2 is 1.38 bits per heavy atom. The molecule has 1 atom stereocenters. The quantitative estimate of drug-likeness (QED) is 0.384. The van der Waals surface area contributed by atoms with Gasteiger partial charge in [0.05, 0.1) is 9.81 Å². The molecule has 0 aromatic heterocycles. The van der Waals surface area contributed by atoms with Gasteiger partial charge in [-0.1, -0.05) is 43.3 Å². The van der Waals surface area contributed by atoms with E-state index in [0.29, 0.717) is 20.6 Å². The average molecular weight is 425 g/mol. The number of aromatic hydroxyl groups is 2. The molecule has 1 unspecified atom stereocenters. The molecule has 2 aromatic rings. The molecule has 0 radical (unpaired) electrons. The Bertz CT molecular complexity index is 952. The van der Waals surface area contributed by atoms with Crippen molar-refractivity contribution in [1.29, 1.82) is 0 Å². The smallest absolute Gasteiger partial charge is 0.191 e. The van der Waals surface area contributed by atoms with E-state index in [1.807, 2.05) is 6.92 Å². The van der Waals surface area contributed by atoms with Crippen LogP contribution in [0.3, 0.4) is 0 Å². The van der Waals surface area contributed by atoms with Crippen molar-refractivity contribution in [3.8, 4) is 11.5 Å². The SMILES string of the molecule is CC1CSC(=C(C(=O)C=Cc2ccccc2O)C(=O)C=Cc2ccccc2O)S1. The Kier molecular flexibility index (Phi) is 7.01. The molecule has 0 bridgehead atoms. The lowest BCUT2D eigenvalue weighted by molar-refractivity contribution is -0.116. The highest BCUT2D eigenvalue weighted by Gasteiger charge is 2.26. The van der Waals surface area contributed by atoms with Crippen LogP contribution in [0.5, 0.6) is 11.5 Å². The zero-order valence-electron chi connectivity index (χ0n) is 15.7. The zero-order chi connectivity index (χ0) is 20.8. The number of hydrogen-bond donors (Lipinski definition) is 2. The molecule has 148 valence electrons. The van der Waals surface area contributed by atoms with Crippen molar-refractivity contribution in [3.63, 3.8) is 0 Å². The Hall–Kier alpha value is -2.70. The highest BCUT2D eigenvalue weighted by Crippen LogP contribution is 2.44. The van der Waals surface area contributed by atoms with E-state index in [9.17, 15) is 19.8 Å². The number of hydrogen-bond acceptors (Lipinski definition) is 6. The van der Waals surface area contributed by atoms with E-state index in [0.717, 1.165) is 5.75 Å². The minimum atomic E-state index is -0.413. The fourth-order valence-electron chi connectivity index (χ4n) is 2.65. The maximum atomic E-state index is 12.9. The first kappa shape index (κ1) is 21.0. The van der Waals surface area contributed by atoms with Gasteiger partial charge in [0.1, 0.15) is 11.5 Å². The number of rotatable bonds is 6. The summed E-state index contributed by atoms with van der Waals surface area (Å²) < 4.78 is 0.705. The number of thioether (sulfide) groups is 2. The van der Waals surface area contributed by atoms with Crippen LogP contribution < -0.4 is 0 Å². The third kappa shape index (κ3) is 5.43. The van der Waals surface area contributed by atoms with Gasteiger partial charge in [-0.2, -0.15) is 0 Å². The monoisotopic (exact) mass is 424 g/mol. The molecule has 1 heterocycles. The van der Waals surface area contributed by atoms with Crippen molar-refractivity contribution in [3.05, 3.63) is 81.6 Å². The third-order valence-electron chi connectivity index (χ3n) is 4.16. The number of carbonyl (C=O) groups excluding carboxylic acids is 2. The predicted molar refractivity (Wildman–Crippen MR) is 121 cm³/mol. The summed E-state index contributed by atoms with van der Waals surface area (Å²) in [6.45, 7) is 2.05. The van der Waals surface area contributed by atoms with E-state index in [2.05, 4.69) is 0 Å². The molecular formula is C23H20O4S2. The molecule has 2 aromatic carbocycles. The van der Waals surface area contributed by atoms with Crippen molar-refractivity contribution in [2.45, 2.75) is 12.2 Å². The van der Waals surface area contributed by atoms with Crippen LogP contribution >= 0.6 is 23.5 Å². The first-order valence-corrected chi connectivity index (χ1v) is 10.9. The molecule has 1 fully saturated rings. The van der Waals surface area contributed by atoms with Gasteiger partial charge in [-0.15, -0.1) is 23.5 Å². The summed E-state index contributed by atoms with van der Waals surface area (Å²) >= 11 is 3.01. The van der Waals surface area contributed by atoms with Crippen LogP contribution in [0, 0.1) is 0 Å². The second kappa shape index (κ2) is 9.67. The van der Waals surface area contributed by atoms with Crippen LogP contribution in [0.1, 0.15) is 18.1 Å². The van der Waals surface area contributed by atoms with E-state index in [-0.39, 0.29) is 17.1 Å². The first-order valence-electron chi connectivity index (χ1n) is 9.00. The van der Waals surface area contributed by atoms with Crippen molar-refractivity contribution in [1.82, 2.24) is 0 Å². The van der Waals surface area contributed by atoms with Gasteiger partial charge in [-0.25, -0.2) is 0 Å². The molecule has 3 rings (SSSR count). The Morgan fingerprint density at radius 1 is 0.897 bits per heavy atom. The van der Waals surface area contributed by atoms with Crippen LogP contribution in [-0.4, -0.2) is 32.8 Å². The standard InChI is InChI=1S/C23H20O4S2/c1-15-14-28-23(29-15)22(20(26)12-10-16-6-2-4-8-18(16)24)21(27)13-11-17-7-3-5-9-19(17)25/h2-13,15,24-25H,14H2,1H3. The normalized spacial score (nSPS) is 16.6. The summed E-state index contributed by atoms with van der Waals surface area (Å²) in [5, 5.41) is 20.1. The van der Waals surface area contributed by atoms with Gasteiger partial charge in [0.25, 0.3) is 0 Å². The molecule has 0 spiro atoms. The lowest BCUT2D eigenvalue weighted by Gasteiger charge is -2.05. The van der Waals surface area contributed by atoms with Gasteiger partial charge < -0.3 is 10.2 Å². The lowest BCUT2D eigenvalue weighted by Crippen LogP contribution is -2.10. The summed E-state index contributed by atoms with van der Waals surface area (Å²) in [4.78, 5) is 25.8. The summed E-state index contributed by atoms with van der Waals surface area (Å²) in [7, 11) is 0. The van der Waals surface area contributed by atoms with E-state index in [1.54, 1.807) is 36.4 Å². The highest BCUT2D eigenvalue weighted by molar-refractivity contribution is 8.25. The minimum Gasteiger partial charge on any atom is -0.507 e. The second-order valence-corrected chi connectivity index (χ2v) is 9.15. The fourth-order valence-corrected chi connectivity index (χ4v) is 5.51. The van der Waals surface area contributed by atoms with Crippen LogP contribution in [0.2, 0.25) is 0 Å². The highest BCUT2D eigenvalue weighted by atomic mass is 32.2. The fraction of sp³-hybridized carbons (Fsp3) is 0.130. The van der Waals surface area contributed by atoms with E-state index in [1.165, 1.54) is 60.0 Å². The third-order valence-corrected chi connectivity index (χ3v) is 7.13. The predicted octanol–water partition coefficient (Wildman–Crippen LogP) is 5.04. The molecule has 0 aliphatic carbocycles. The zero-order valence-corrected chi connectivity index (χ0v) is 17.4. The Morgan fingerprint density at radius 3 is 1.79 bits per heavy atom. The topological polar surface area (TPSA) is 74.6 Å². The molecule has 1 aliphatic rings. The average Bonchev–Trinajstić information content (AvgIpc) is 3.12. The summed E-state index contributed by atoms with van der Waals surface area (Å²) in [5.74, 6) is 0.134. The van der Waals surface area contributed by atoms with Gasteiger partial charge >= 0.3 is 0 Å². The maximum Gasteiger partial charge on any atom is 0.191 e. The van der Waals surface area contributed by atoms with Crippen molar-refractivity contribution < 1.29 is 19.8 Å². The van der Waals surface area contributed by atoms with Crippen molar-refractivity contribution >= 4 is 47.2 Å². The van der Waals surface area contributed by atoms with E-state index < -0.39 is 11.6 Å². The maximum absolute atomic E-state index is 12.9. The number of ketones is 2. The number of carbonyl (C=O) groups is 2. The molecule has 6 heteroatoms. The van der Waals surface area contributed by atoms with Gasteiger partial charge in [0.15, 0.2) is 11.6 Å². The number of benzene rings is 2. The number of para-hydroxylation sites is 2. The van der Waals surface area contributed by atoms with Crippen LogP contribution in [0.25, 0.3) is 12.2 Å². The molecule has 4 nitrogen and oxygen atoms in total. The summed E-state index contributed by atoms with van der Waals surface area (Å²) in [6.07, 6.45) is 5.64. The van der Waals surface area contributed by atoms with Gasteiger partial charge in [-0.3, -0.25) is 9.59 Å². The first-order chi connectivity index (χ1) is 14.0. The number of phenolic OH excluding ortho intramolecular Hbond substituents is 2. The van der Waals surface area contributed by atoms with Crippen LogP contribution in [-0.2, 0) is 9.59 Å². The largest absolute Gasteiger partial charge is 0.507 e. The molecular weight excluding hydrogens is 404 g/mol.